The molecule has 0 amide bonds. The molecule has 28 heavy (non-hydrogen) atoms. The minimum atomic E-state index is -5.50. The maximum Gasteiger partial charge on any atom is 0.461 e. The molecule has 0 N–H and O–H groups in total. The molecule has 0 bridgehead atoms. The van der Waals surface area contributed by atoms with E-state index in [9.17, 15) is 22.0 Å². The number of carbonyl (C=O) groups excluding carboxylic acids is 1. The summed E-state index contributed by atoms with van der Waals surface area (Å²) >= 11 is 0. The van der Waals surface area contributed by atoms with Crippen molar-refractivity contribution < 1.29 is 31.5 Å². The number of sulfonamides is 1. The average Bonchev–Trinajstić information content (AvgIpc) is 2.60. The predicted molar refractivity (Wildman–Crippen MR) is 102 cm³/mol. The molecule has 0 aliphatic carbocycles. The topological polar surface area (TPSA) is 85.3 Å². The fourth-order valence-electron chi connectivity index (χ4n) is 2.71. The van der Waals surface area contributed by atoms with Crippen LogP contribution in [0.25, 0.3) is 0 Å². The van der Waals surface area contributed by atoms with E-state index in [1.54, 1.807) is 56.9 Å². The first-order valence-electron chi connectivity index (χ1n) is 8.58. The van der Waals surface area contributed by atoms with Crippen LogP contribution in [-0.4, -0.2) is 56.7 Å². The van der Waals surface area contributed by atoms with Crippen LogP contribution < -0.4 is 4.74 Å². The molecule has 0 heterocycles. The molecule has 1 rings (SSSR count). The second kappa shape index (κ2) is 9.31. The summed E-state index contributed by atoms with van der Waals surface area (Å²) in [4.78, 5) is 12.9. The third-order valence-corrected chi connectivity index (χ3v) is 5.17. The SMILES string of the molecule is COC(=O)C(F)(F)S(=O)(=O)/N=C(/Cc1ccc(OC)cc1)N(C(C)C)C(C)C. The van der Waals surface area contributed by atoms with E-state index >= 15 is 0 Å². The molecule has 0 saturated heterocycles. The zero-order valence-corrected chi connectivity index (χ0v) is 17.6. The lowest BCUT2D eigenvalue weighted by Gasteiger charge is -2.34. The van der Waals surface area contributed by atoms with Gasteiger partial charge in [0.1, 0.15) is 11.6 Å². The fraction of sp³-hybridized carbons (Fsp3) is 0.556. The van der Waals surface area contributed by atoms with E-state index in [2.05, 4.69) is 9.13 Å². The highest BCUT2D eigenvalue weighted by molar-refractivity contribution is 7.92. The lowest BCUT2D eigenvalue weighted by molar-refractivity contribution is -0.157. The Morgan fingerprint density at radius 2 is 1.61 bits per heavy atom. The summed E-state index contributed by atoms with van der Waals surface area (Å²) in [5, 5.41) is -4.79. The van der Waals surface area contributed by atoms with E-state index in [1.807, 2.05) is 0 Å². The van der Waals surface area contributed by atoms with E-state index in [1.165, 1.54) is 7.11 Å². The van der Waals surface area contributed by atoms with Crippen LogP contribution in [0, 0.1) is 0 Å². The summed E-state index contributed by atoms with van der Waals surface area (Å²) in [6.07, 6.45) is -0.0309. The average molecular weight is 420 g/mol. The van der Waals surface area contributed by atoms with Gasteiger partial charge in [-0.2, -0.15) is 17.2 Å². The van der Waals surface area contributed by atoms with E-state index in [0.29, 0.717) is 18.4 Å². The second-order valence-corrected chi connectivity index (χ2v) is 8.26. The number of nitrogens with zero attached hydrogens (tertiary/aromatic N) is 2. The quantitative estimate of drug-likeness (QED) is 0.365. The van der Waals surface area contributed by atoms with Crippen molar-refractivity contribution in [1.29, 1.82) is 0 Å². The minimum Gasteiger partial charge on any atom is -0.497 e. The van der Waals surface area contributed by atoms with E-state index in [-0.39, 0.29) is 24.3 Å². The summed E-state index contributed by atoms with van der Waals surface area (Å²) in [5.41, 5.74) is 0.641. The number of amidine groups is 1. The molecule has 0 aromatic heterocycles. The Kier molecular flexibility index (Phi) is 7.92. The Bertz CT molecular complexity index is 798. The van der Waals surface area contributed by atoms with Gasteiger partial charge in [-0.05, 0) is 45.4 Å². The maximum absolute atomic E-state index is 14.1. The number of hydrogen-bond donors (Lipinski definition) is 0. The van der Waals surface area contributed by atoms with Crippen LogP contribution in [0.15, 0.2) is 28.7 Å². The van der Waals surface area contributed by atoms with Crippen molar-refractivity contribution >= 4 is 21.8 Å². The van der Waals surface area contributed by atoms with Crippen molar-refractivity contribution in [3.8, 4) is 5.75 Å². The number of benzene rings is 1. The maximum atomic E-state index is 14.1. The van der Waals surface area contributed by atoms with Crippen LogP contribution >= 0.6 is 0 Å². The molecule has 0 aliphatic rings. The molecular weight excluding hydrogens is 394 g/mol. The smallest absolute Gasteiger partial charge is 0.461 e. The van der Waals surface area contributed by atoms with E-state index < -0.39 is 21.2 Å². The molecule has 7 nitrogen and oxygen atoms in total. The van der Waals surface area contributed by atoms with Crippen molar-refractivity contribution in [2.24, 2.45) is 4.40 Å². The molecule has 0 atom stereocenters. The molecule has 0 radical (unpaired) electrons. The minimum absolute atomic E-state index is 0.0309. The van der Waals surface area contributed by atoms with Gasteiger partial charge in [0.25, 0.3) is 0 Å². The standard InChI is InChI=1S/C18H26F2N2O5S/c1-12(2)22(13(3)4)16(11-14-7-9-15(26-5)10-8-14)21-28(24,25)18(19,20)17(23)27-6/h7-10,12-13H,11H2,1-6H3/b21-16-. The van der Waals surface area contributed by atoms with Crippen LogP contribution in [0.5, 0.6) is 5.75 Å². The zero-order valence-electron chi connectivity index (χ0n) is 16.8. The largest absolute Gasteiger partial charge is 0.497 e. The van der Waals surface area contributed by atoms with Crippen molar-refractivity contribution in [3.05, 3.63) is 29.8 Å². The Labute approximate surface area is 164 Å². The van der Waals surface area contributed by atoms with Gasteiger partial charge in [-0.15, -0.1) is 4.40 Å². The highest BCUT2D eigenvalue weighted by Gasteiger charge is 2.55. The monoisotopic (exact) mass is 420 g/mol. The number of halogens is 2. The Hall–Kier alpha value is -2.23. The molecule has 0 fully saturated rings. The normalized spacial score (nSPS) is 13.0. The number of alkyl halides is 2. The molecule has 1 aromatic carbocycles. The number of ether oxygens (including phenoxy) is 2. The molecule has 0 aliphatic heterocycles. The van der Waals surface area contributed by atoms with Gasteiger partial charge >= 0.3 is 21.2 Å². The zero-order chi connectivity index (χ0) is 21.7. The van der Waals surface area contributed by atoms with Crippen LogP contribution in [-0.2, 0) is 26.0 Å². The molecule has 0 spiro atoms. The van der Waals surface area contributed by atoms with Gasteiger partial charge < -0.3 is 14.4 Å². The summed E-state index contributed by atoms with van der Waals surface area (Å²) in [7, 11) is -3.32. The number of hydrogen-bond acceptors (Lipinski definition) is 5. The Morgan fingerprint density at radius 3 is 2.00 bits per heavy atom. The molecule has 158 valence electrons. The van der Waals surface area contributed by atoms with E-state index in [0.717, 1.165) is 0 Å². The third-order valence-electron chi connectivity index (χ3n) is 3.90. The summed E-state index contributed by atoms with van der Waals surface area (Å²) in [5.74, 6) is -1.68. The van der Waals surface area contributed by atoms with Crippen molar-refractivity contribution in [1.82, 2.24) is 4.90 Å². The fourth-order valence-corrected chi connectivity index (χ4v) is 3.55. The van der Waals surface area contributed by atoms with Crippen LogP contribution in [0.4, 0.5) is 8.78 Å². The summed E-state index contributed by atoms with van der Waals surface area (Å²) < 4.78 is 64.9. The molecule has 10 heteroatoms. The van der Waals surface area contributed by atoms with Crippen molar-refractivity contribution in [2.45, 2.75) is 51.5 Å². The number of esters is 1. The highest BCUT2D eigenvalue weighted by atomic mass is 32.2. The molecule has 1 aromatic rings. The van der Waals surface area contributed by atoms with Gasteiger partial charge in [0, 0.05) is 18.5 Å². The number of methoxy groups -OCH3 is 2. The van der Waals surface area contributed by atoms with Crippen LogP contribution in [0.2, 0.25) is 0 Å². The molecular formula is C18H26F2N2O5S. The van der Waals surface area contributed by atoms with Gasteiger partial charge in [0.05, 0.1) is 14.2 Å². The van der Waals surface area contributed by atoms with Crippen molar-refractivity contribution in [2.75, 3.05) is 14.2 Å². The summed E-state index contributed by atoms with van der Waals surface area (Å²) in [6.45, 7) is 7.15. The van der Waals surface area contributed by atoms with Gasteiger partial charge in [-0.1, -0.05) is 12.1 Å². The first-order chi connectivity index (χ1) is 12.9. The van der Waals surface area contributed by atoms with Crippen LogP contribution in [0.3, 0.4) is 0 Å². The predicted octanol–water partition coefficient (Wildman–Crippen LogP) is 2.85. The number of carbonyl (C=O) groups is 1. The summed E-state index contributed by atoms with van der Waals surface area (Å²) in [6, 6.07) is 6.24. The molecule has 0 saturated carbocycles. The van der Waals surface area contributed by atoms with E-state index in [4.69, 9.17) is 4.74 Å². The molecule has 0 unspecified atom stereocenters. The lowest BCUT2D eigenvalue weighted by atomic mass is 10.1. The van der Waals surface area contributed by atoms with Gasteiger partial charge in [-0.25, -0.2) is 4.79 Å². The highest BCUT2D eigenvalue weighted by Crippen LogP contribution is 2.26. The van der Waals surface area contributed by atoms with Crippen LogP contribution in [0.1, 0.15) is 33.3 Å². The first-order valence-corrected chi connectivity index (χ1v) is 10.0. The second-order valence-electron chi connectivity index (χ2n) is 6.61. The Balaban J connectivity index is 3.48. The van der Waals surface area contributed by atoms with Crippen molar-refractivity contribution in [3.63, 3.8) is 0 Å². The van der Waals surface area contributed by atoms with Gasteiger partial charge in [-0.3, -0.25) is 0 Å². The number of rotatable bonds is 8. The van der Waals surface area contributed by atoms with Gasteiger partial charge in [0.15, 0.2) is 0 Å². The van der Waals surface area contributed by atoms with Gasteiger partial charge in [0.2, 0.25) is 0 Å². The lowest BCUT2D eigenvalue weighted by Crippen LogP contribution is -2.45. The third kappa shape index (κ3) is 5.40. The first kappa shape index (κ1) is 23.8. The Morgan fingerprint density at radius 1 is 1.11 bits per heavy atom.